The van der Waals surface area contributed by atoms with Crippen molar-refractivity contribution in [3.8, 4) is 0 Å². The van der Waals surface area contributed by atoms with E-state index in [1.165, 1.54) is 0 Å². The highest BCUT2D eigenvalue weighted by Crippen LogP contribution is 2.36. The highest BCUT2D eigenvalue weighted by atomic mass is 32.2. The molecule has 0 bridgehead atoms. The lowest BCUT2D eigenvalue weighted by Crippen LogP contribution is -2.15. The zero-order valence-corrected chi connectivity index (χ0v) is 11.3. The lowest BCUT2D eigenvalue weighted by molar-refractivity contribution is -0.141. The number of benzene rings is 1. The van der Waals surface area contributed by atoms with Crippen molar-refractivity contribution in [3.05, 3.63) is 29.6 Å². The fourth-order valence-corrected chi connectivity index (χ4v) is 2.41. The molecule has 112 valence electrons. The summed E-state index contributed by atoms with van der Waals surface area (Å²) in [6.07, 6.45) is -5.14. The molecule has 0 aromatic heterocycles. The van der Waals surface area contributed by atoms with Gasteiger partial charge in [-0.25, -0.2) is 4.39 Å². The Morgan fingerprint density at radius 2 is 1.85 bits per heavy atom. The number of rotatable bonds is 5. The molecule has 1 atom stereocenters. The van der Waals surface area contributed by atoms with Crippen molar-refractivity contribution < 1.29 is 44.1 Å². The molecule has 6 nitrogen and oxygen atoms in total. The van der Waals surface area contributed by atoms with Crippen LogP contribution in [0.5, 0.6) is 0 Å². The van der Waals surface area contributed by atoms with Crippen LogP contribution in [0, 0.1) is 5.82 Å². The summed E-state index contributed by atoms with van der Waals surface area (Å²) in [6.45, 7) is 0. The SMILES string of the molecule is CO[P+](=O)OOS(=O)(=O)c1ccc(F)cc1C(F)(F)F. The number of hydrogen-bond donors (Lipinski definition) is 0. The average molecular weight is 337 g/mol. The molecule has 12 heteroatoms. The van der Waals surface area contributed by atoms with Crippen molar-refractivity contribution in [2.75, 3.05) is 7.11 Å². The number of halogens is 4. The standard InChI is InChI=1S/C8H6F4O6PS/c1-16-19(13)17-18-20(14,15)7-3-2-5(9)4-6(7)8(10,11)12/h2-4H,1H3/q+1. The first kappa shape index (κ1) is 16.9. The maximum Gasteiger partial charge on any atom is 0.729 e. The van der Waals surface area contributed by atoms with E-state index in [2.05, 4.69) is 13.5 Å². The minimum Gasteiger partial charge on any atom is -0.207 e. The Balaban J connectivity index is 3.22. The first-order chi connectivity index (χ1) is 9.08. The third kappa shape index (κ3) is 4.18. The summed E-state index contributed by atoms with van der Waals surface area (Å²) in [5, 5.41) is 0. The van der Waals surface area contributed by atoms with Crippen LogP contribution in [0.15, 0.2) is 23.1 Å². The van der Waals surface area contributed by atoms with E-state index in [1.54, 1.807) is 0 Å². The van der Waals surface area contributed by atoms with Crippen LogP contribution in [-0.4, -0.2) is 15.5 Å². The Hall–Kier alpha value is -1.13. The summed E-state index contributed by atoms with van der Waals surface area (Å²) in [5.74, 6) is -1.29. The van der Waals surface area contributed by atoms with Gasteiger partial charge in [0.2, 0.25) is 0 Å². The van der Waals surface area contributed by atoms with E-state index in [4.69, 9.17) is 0 Å². The van der Waals surface area contributed by atoms with Gasteiger partial charge in [0.05, 0.1) is 17.3 Å². The van der Waals surface area contributed by atoms with E-state index in [-0.39, 0.29) is 6.07 Å². The average Bonchev–Trinajstić information content (AvgIpc) is 2.34. The normalized spacial score (nSPS) is 13.3. The zero-order chi connectivity index (χ0) is 15.6. The quantitative estimate of drug-likeness (QED) is 0.356. The maximum absolute atomic E-state index is 12.8. The van der Waals surface area contributed by atoms with Gasteiger partial charge in [-0.05, 0) is 18.2 Å². The molecule has 0 heterocycles. The number of hydrogen-bond acceptors (Lipinski definition) is 6. The fourth-order valence-electron chi connectivity index (χ4n) is 1.07. The molecule has 0 aliphatic carbocycles. The highest BCUT2D eigenvalue weighted by molar-refractivity contribution is 7.86. The lowest BCUT2D eigenvalue weighted by atomic mass is 10.2. The second kappa shape index (κ2) is 6.10. The van der Waals surface area contributed by atoms with Gasteiger partial charge in [0.15, 0.2) is 0 Å². The van der Waals surface area contributed by atoms with Gasteiger partial charge in [0.1, 0.15) is 10.7 Å². The van der Waals surface area contributed by atoms with Crippen molar-refractivity contribution >= 4 is 18.4 Å². The van der Waals surface area contributed by atoms with Crippen LogP contribution in [-0.2, 0) is 34.4 Å². The van der Waals surface area contributed by atoms with Crippen molar-refractivity contribution in [2.45, 2.75) is 11.1 Å². The summed E-state index contributed by atoms with van der Waals surface area (Å²) in [5.41, 5.74) is -1.78. The molecular weight excluding hydrogens is 331 g/mol. The summed E-state index contributed by atoms with van der Waals surface area (Å²) in [7, 11) is -7.17. The summed E-state index contributed by atoms with van der Waals surface area (Å²) in [4.78, 5) is -1.38. The van der Waals surface area contributed by atoms with Crippen LogP contribution in [0.2, 0.25) is 0 Å². The predicted octanol–water partition coefficient (Wildman–Crippen LogP) is 2.79. The fraction of sp³-hybridized carbons (Fsp3) is 0.250. The molecule has 20 heavy (non-hydrogen) atoms. The van der Waals surface area contributed by atoms with Crippen LogP contribution in [0.1, 0.15) is 5.56 Å². The van der Waals surface area contributed by atoms with E-state index >= 15 is 0 Å². The van der Waals surface area contributed by atoms with Gasteiger partial charge in [0.25, 0.3) is 0 Å². The monoisotopic (exact) mass is 337 g/mol. The highest BCUT2D eigenvalue weighted by Gasteiger charge is 2.39. The van der Waals surface area contributed by atoms with Gasteiger partial charge >= 0.3 is 24.5 Å². The van der Waals surface area contributed by atoms with Crippen molar-refractivity contribution in [1.82, 2.24) is 0 Å². The van der Waals surface area contributed by atoms with Crippen molar-refractivity contribution in [3.63, 3.8) is 0 Å². The van der Waals surface area contributed by atoms with E-state index < -0.39 is 40.8 Å². The summed E-state index contributed by atoms with van der Waals surface area (Å²) >= 11 is 0. The molecule has 0 saturated carbocycles. The van der Waals surface area contributed by atoms with Gasteiger partial charge in [0, 0.05) is 4.57 Å². The third-order valence-corrected chi connectivity index (χ3v) is 3.58. The predicted molar refractivity (Wildman–Crippen MR) is 55.4 cm³/mol. The summed E-state index contributed by atoms with van der Waals surface area (Å²) in [6, 6.07) is 0.811. The minimum atomic E-state index is -5.14. The zero-order valence-electron chi connectivity index (χ0n) is 9.55. The van der Waals surface area contributed by atoms with E-state index in [9.17, 15) is 30.5 Å². The van der Waals surface area contributed by atoms with Crippen molar-refractivity contribution in [1.29, 1.82) is 0 Å². The smallest absolute Gasteiger partial charge is 0.207 e. The summed E-state index contributed by atoms with van der Waals surface area (Å²) < 4.78 is 95.7. The molecule has 0 spiro atoms. The second-order valence-electron chi connectivity index (χ2n) is 3.14. The molecule has 0 N–H and O–H groups in total. The molecule has 0 aliphatic heterocycles. The van der Waals surface area contributed by atoms with Crippen molar-refractivity contribution in [2.24, 2.45) is 0 Å². The molecule has 1 aromatic rings. The minimum absolute atomic E-state index is 0.0213. The Morgan fingerprint density at radius 3 is 2.35 bits per heavy atom. The Bertz CT molecular complexity index is 614. The van der Waals surface area contributed by atoms with Crippen LogP contribution >= 0.6 is 8.25 Å². The molecule has 1 aromatic carbocycles. The van der Waals surface area contributed by atoms with Gasteiger partial charge in [-0.1, -0.05) is 4.33 Å². The van der Waals surface area contributed by atoms with Crippen LogP contribution < -0.4 is 0 Å². The molecule has 1 unspecified atom stereocenters. The molecule has 0 aliphatic rings. The Kier molecular flexibility index (Phi) is 5.16. The molecule has 0 radical (unpaired) electrons. The lowest BCUT2D eigenvalue weighted by Gasteiger charge is -2.11. The van der Waals surface area contributed by atoms with E-state index in [0.29, 0.717) is 12.1 Å². The van der Waals surface area contributed by atoms with Crippen LogP contribution in [0.3, 0.4) is 0 Å². The first-order valence-electron chi connectivity index (χ1n) is 4.57. The largest absolute Gasteiger partial charge is 0.729 e. The second-order valence-corrected chi connectivity index (χ2v) is 5.59. The maximum atomic E-state index is 12.8. The molecule has 0 fully saturated rings. The Labute approximate surface area is 111 Å². The van der Waals surface area contributed by atoms with Gasteiger partial charge in [-0.3, -0.25) is 0 Å². The third-order valence-electron chi connectivity index (χ3n) is 1.85. The van der Waals surface area contributed by atoms with Crippen LogP contribution in [0.4, 0.5) is 17.6 Å². The van der Waals surface area contributed by atoms with Gasteiger partial charge < -0.3 is 0 Å². The Morgan fingerprint density at radius 1 is 1.25 bits per heavy atom. The van der Waals surface area contributed by atoms with Gasteiger partial charge in [-0.2, -0.15) is 21.6 Å². The van der Waals surface area contributed by atoms with E-state index in [1.807, 2.05) is 0 Å². The van der Waals surface area contributed by atoms with E-state index in [0.717, 1.165) is 7.11 Å². The van der Waals surface area contributed by atoms with Gasteiger partial charge in [-0.15, -0.1) is 4.52 Å². The molecule has 0 saturated heterocycles. The first-order valence-corrected chi connectivity index (χ1v) is 7.07. The molecular formula is C8H6F4O6PS+. The topological polar surface area (TPSA) is 78.9 Å². The molecule has 1 rings (SSSR count). The molecule has 0 amide bonds. The van der Waals surface area contributed by atoms with Crippen LogP contribution in [0.25, 0.3) is 0 Å². The number of alkyl halides is 3.